The number of amides is 2. The number of carbonyl (C=O) groups is 2. The molecule has 0 bridgehead atoms. The Morgan fingerprint density at radius 3 is 2.57 bits per heavy atom. The van der Waals surface area contributed by atoms with E-state index < -0.39 is 0 Å². The first-order chi connectivity index (χ1) is 16.9. The molecule has 0 saturated heterocycles. The smallest absolute Gasteiger partial charge is 0.251 e. The molecular formula is C24H23ClN6O2S2. The largest absolute Gasteiger partial charge is 0.342 e. The number of benzene rings is 2. The number of halogens is 1. The lowest BCUT2D eigenvalue weighted by Gasteiger charge is -2.15. The first-order valence-corrected chi connectivity index (χ1v) is 13.1. The third kappa shape index (κ3) is 6.27. The molecule has 2 heterocycles. The molecule has 0 aliphatic carbocycles. The van der Waals surface area contributed by atoms with Crippen LogP contribution in [-0.2, 0) is 11.3 Å². The minimum atomic E-state index is -0.375. The van der Waals surface area contributed by atoms with E-state index in [1.165, 1.54) is 23.1 Å². The lowest BCUT2D eigenvalue weighted by atomic mass is 10.2. The van der Waals surface area contributed by atoms with E-state index in [0.717, 1.165) is 11.3 Å². The Morgan fingerprint density at radius 1 is 1.11 bits per heavy atom. The van der Waals surface area contributed by atoms with Gasteiger partial charge >= 0.3 is 0 Å². The van der Waals surface area contributed by atoms with Crippen molar-refractivity contribution in [1.82, 2.24) is 25.1 Å². The highest BCUT2D eigenvalue weighted by Crippen LogP contribution is 2.25. The summed E-state index contributed by atoms with van der Waals surface area (Å²) in [5.41, 5.74) is 2.33. The van der Waals surface area contributed by atoms with Crippen molar-refractivity contribution >= 4 is 51.6 Å². The Balaban J connectivity index is 1.35. The van der Waals surface area contributed by atoms with E-state index in [1.807, 2.05) is 54.1 Å². The van der Waals surface area contributed by atoms with Crippen LogP contribution < -0.4 is 10.6 Å². The van der Waals surface area contributed by atoms with Crippen molar-refractivity contribution in [3.63, 3.8) is 0 Å². The van der Waals surface area contributed by atoms with Gasteiger partial charge in [0.05, 0.1) is 17.5 Å². The first-order valence-electron chi connectivity index (χ1n) is 10.9. The van der Waals surface area contributed by atoms with Crippen molar-refractivity contribution in [2.24, 2.45) is 0 Å². The van der Waals surface area contributed by atoms with Gasteiger partial charge in [-0.1, -0.05) is 53.7 Å². The molecule has 8 nitrogen and oxygen atoms in total. The van der Waals surface area contributed by atoms with Gasteiger partial charge in [-0.15, -0.1) is 21.5 Å². The van der Waals surface area contributed by atoms with Crippen LogP contribution in [0.15, 0.2) is 65.1 Å². The lowest BCUT2D eigenvalue weighted by Crippen LogP contribution is -2.28. The number of thiazole rings is 1. The highest BCUT2D eigenvalue weighted by molar-refractivity contribution is 7.99. The molecule has 0 aliphatic heterocycles. The molecule has 2 aromatic carbocycles. The van der Waals surface area contributed by atoms with E-state index in [-0.39, 0.29) is 23.6 Å². The Hall–Kier alpha value is -3.21. The number of hydrogen-bond acceptors (Lipinski definition) is 7. The summed E-state index contributed by atoms with van der Waals surface area (Å²) in [7, 11) is 0. The van der Waals surface area contributed by atoms with Crippen LogP contribution in [0.4, 0.5) is 5.13 Å². The van der Waals surface area contributed by atoms with Crippen molar-refractivity contribution in [3.05, 3.63) is 76.4 Å². The molecule has 0 fully saturated rings. The van der Waals surface area contributed by atoms with Gasteiger partial charge in [0, 0.05) is 28.1 Å². The number of nitrogens with one attached hydrogen (secondary N) is 2. The number of aromatic nitrogens is 4. The third-order valence-electron chi connectivity index (χ3n) is 5.06. The first kappa shape index (κ1) is 24.9. The summed E-state index contributed by atoms with van der Waals surface area (Å²) >= 11 is 8.56. The second kappa shape index (κ2) is 11.5. The maximum Gasteiger partial charge on any atom is 0.251 e. The van der Waals surface area contributed by atoms with Crippen LogP contribution >= 0.6 is 34.7 Å². The van der Waals surface area contributed by atoms with Crippen LogP contribution in [0.3, 0.4) is 0 Å². The third-order valence-corrected chi connectivity index (χ3v) is 7.03. The second-order valence-corrected chi connectivity index (χ2v) is 9.76. The minimum Gasteiger partial charge on any atom is -0.342 e. The highest BCUT2D eigenvalue weighted by Gasteiger charge is 2.20. The van der Waals surface area contributed by atoms with E-state index in [4.69, 9.17) is 11.6 Å². The molecule has 0 spiro atoms. The average Bonchev–Trinajstić information content (AvgIpc) is 3.50. The average molecular weight is 527 g/mol. The molecule has 180 valence electrons. The van der Waals surface area contributed by atoms with Crippen molar-refractivity contribution in [3.8, 4) is 11.3 Å². The van der Waals surface area contributed by atoms with Crippen LogP contribution in [-0.4, -0.2) is 37.3 Å². The molecule has 1 atom stereocenters. The molecule has 0 unspecified atom stereocenters. The molecule has 0 radical (unpaired) electrons. The van der Waals surface area contributed by atoms with E-state index in [0.29, 0.717) is 33.2 Å². The summed E-state index contributed by atoms with van der Waals surface area (Å²) in [4.78, 5) is 29.6. The monoisotopic (exact) mass is 526 g/mol. The maximum absolute atomic E-state index is 12.6. The van der Waals surface area contributed by atoms with Crippen molar-refractivity contribution in [2.75, 3.05) is 11.1 Å². The summed E-state index contributed by atoms with van der Waals surface area (Å²) in [5.74, 6) is 0.362. The maximum atomic E-state index is 12.6. The van der Waals surface area contributed by atoms with Crippen molar-refractivity contribution in [2.45, 2.75) is 31.6 Å². The molecule has 0 aliphatic rings. The minimum absolute atomic E-state index is 0.157. The molecule has 0 saturated carbocycles. The van der Waals surface area contributed by atoms with Gasteiger partial charge in [0.1, 0.15) is 0 Å². The Bertz CT molecular complexity index is 1310. The van der Waals surface area contributed by atoms with Gasteiger partial charge in [-0.05, 0) is 38.1 Å². The van der Waals surface area contributed by atoms with E-state index >= 15 is 0 Å². The zero-order valence-electron chi connectivity index (χ0n) is 19.1. The molecule has 2 aromatic heterocycles. The van der Waals surface area contributed by atoms with Gasteiger partial charge in [0.15, 0.2) is 16.1 Å². The summed E-state index contributed by atoms with van der Waals surface area (Å²) in [6.07, 6.45) is 0. The van der Waals surface area contributed by atoms with Crippen molar-refractivity contribution < 1.29 is 9.59 Å². The summed E-state index contributed by atoms with van der Waals surface area (Å²) in [6, 6.07) is 16.1. The summed E-state index contributed by atoms with van der Waals surface area (Å²) in [5, 5.41) is 17.9. The Morgan fingerprint density at radius 2 is 1.86 bits per heavy atom. The molecule has 11 heteroatoms. The van der Waals surface area contributed by atoms with Crippen LogP contribution in [0.1, 0.15) is 36.1 Å². The van der Waals surface area contributed by atoms with E-state index in [1.54, 1.807) is 24.3 Å². The molecule has 2 amide bonds. The van der Waals surface area contributed by atoms with Gasteiger partial charge in [-0.3, -0.25) is 9.59 Å². The summed E-state index contributed by atoms with van der Waals surface area (Å²) < 4.78 is 1.89. The number of nitrogens with zero attached hydrogens (tertiary/aromatic N) is 4. The zero-order valence-corrected chi connectivity index (χ0v) is 21.5. The topological polar surface area (TPSA) is 102 Å². The zero-order chi connectivity index (χ0) is 24.8. The van der Waals surface area contributed by atoms with Gasteiger partial charge in [0.25, 0.3) is 5.91 Å². The van der Waals surface area contributed by atoms with Gasteiger partial charge in [-0.2, -0.15) is 0 Å². The van der Waals surface area contributed by atoms with Gasteiger partial charge in [-0.25, -0.2) is 4.98 Å². The SMILES string of the molecule is CCn1c(SCC(=O)Nc2nc(-c3ccccc3)cs2)nnc1[C@H](C)NC(=O)c1ccc(Cl)cc1. The predicted octanol–water partition coefficient (Wildman–Crippen LogP) is 5.30. The molecule has 4 rings (SSSR count). The number of anilines is 1. The van der Waals surface area contributed by atoms with Crippen LogP contribution in [0.2, 0.25) is 5.02 Å². The van der Waals surface area contributed by atoms with E-state index in [9.17, 15) is 9.59 Å². The molecule has 2 N–H and O–H groups in total. The number of thioether (sulfide) groups is 1. The van der Waals surface area contributed by atoms with Crippen molar-refractivity contribution in [1.29, 1.82) is 0 Å². The van der Waals surface area contributed by atoms with Gasteiger partial charge in [0.2, 0.25) is 5.91 Å². The molecule has 35 heavy (non-hydrogen) atoms. The number of carbonyl (C=O) groups excluding carboxylic acids is 2. The fourth-order valence-corrected chi connectivity index (χ4v) is 5.00. The molecular weight excluding hydrogens is 504 g/mol. The van der Waals surface area contributed by atoms with Crippen LogP contribution in [0.25, 0.3) is 11.3 Å². The predicted molar refractivity (Wildman–Crippen MR) is 140 cm³/mol. The molecule has 4 aromatic rings. The lowest BCUT2D eigenvalue weighted by molar-refractivity contribution is -0.113. The summed E-state index contributed by atoms with van der Waals surface area (Å²) in [6.45, 7) is 4.41. The second-order valence-electron chi connectivity index (χ2n) is 7.53. The fraction of sp³-hybridized carbons (Fsp3) is 0.208. The Kier molecular flexibility index (Phi) is 8.17. The standard InChI is InChI=1S/C24H23ClN6O2S2/c1-3-31-21(15(2)26-22(33)17-9-11-18(25)12-10-17)29-30-24(31)35-14-20(32)28-23-27-19(13-34-23)16-7-5-4-6-8-16/h4-13,15H,3,14H2,1-2H3,(H,26,33)(H,27,28,32)/t15-/m0/s1. The quantitative estimate of drug-likeness (QED) is 0.287. The normalized spacial score (nSPS) is 11.7. The van der Waals surface area contributed by atoms with E-state index in [2.05, 4.69) is 25.8 Å². The Labute approximate surface area is 216 Å². The van der Waals surface area contributed by atoms with Crippen LogP contribution in [0, 0.1) is 0 Å². The number of rotatable bonds is 9. The van der Waals surface area contributed by atoms with Crippen LogP contribution in [0.5, 0.6) is 0 Å². The fourth-order valence-electron chi connectivity index (χ4n) is 3.33. The highest BCUT2D eigenvalue weighted by atomic mass is 35.5. The number of hydrogen-bond donors (Lipinski definition) is 2. The van der Waals surface area contributed by atoms with Gasteiger partial charge < -0.3 is 15.2 Å².